The van der Waals surface area contributed by atoms with Crippen LogP contribution in [0.2, 0.25) is 0 Å². The maximum atomic E-state index is 5.08. The van der Waals surface area contributed by atoms with Gasteiger partial charge >= 0.3 is 0 Å². The fourth-order valence-electron chi connectivity index (χ4n) is 0.402. The van der Waals surface area contributed by atoms with Crippen molar-refractivity contribution in [3.8, 4) is 0 Å². The van der Waals surface area contributed by atoms with E-state index >= 15 is 0 Å². The van der Waals surface area contributed by atoms with Crippen LogP contribution in [0, 0.1) is 12.8 Å². The third-order valence-corrected chi connectivity index (χ3v) is 1.24. The smallest absolute Gasteiger partial charge is 0.0491 e. The first-order valence-corrected chi connectivity index (χ1v) is 3.18. The molecule has 0 aliphatic carbocycles. The number of rotatable bonds is 4. The largest absolute Gasteiger partial charge is 0.381 e. The fourth-order valence-corrected chi connectivity index (χ4v) is 0.402. The molecule has 0 saturated carbocycles. The Morgan fingerprint density at radius 1 is 1.62 bits per heavy atom. The Bertz CT molecular complexity index is 43.7. The zero-order chi connectivity index (χ0) is 6.41. The van der Waals surface area contributed by atoms with E-state index in [0.29, 0.717) is 12.5 Å². The molecule has 0 aliphatic rings. The van der Waals surface area contributed by atoms with Crippen molar-refractivity contribution in [1.29, 1.82) is 0 Å². The second-order valence-electron chi connectivity index (χ2n) is 2.09. The predicted molar refractivity (Wildman–Crippen MR) is 35.6 cm³/mol. The molecular weight excluding hydrogens is 100 g/mol. The van der Waals surface area contributed by atoms with Crippen LogP contribution in [-0.2, 0) is 4.74 Å². The van der Waals surface area contributed by atoms with Gasteiger partial charge in [0.1, 0.15) is 0 Å². The Hall–Kier alpha value is -0.0400. The second-order valence-corrected chi connectivity index (χ2v) is 2.09. The van der Waals surface area contributed by atoms with Crippen molar-refractivity contribution in [3.63, 3.8) is 0 Å². The highest BCUT2D eigenvalue weighted by molar-refractivity contribution is 4.45. The molecule has 1 unspecified atom stereocenters. The molecule has 0 spiro atoms. The number of ether oxygens (including phenoxy) is 1. The van der Waals surface area contributed by atoms with Crippen molar-refractivity contribution >= 4 is 0 Å². The minimum Gasteiger partial charge on any atom is -0.381 e. The molecule has 8 heavy (non-hydrogen) atoms. The third-order valence-electron chi connectivity index (χ3n) is 1.24. The molecule has 1 nitrogen and oxygen atoms in total. The van der Waals surface area contributed by atoms with E-state index in [1.807, 2.05) is 0 Å². The van der Waals surface area contributed by atoms with Crippen LogP contribution in [0.4, 0.5) is 0 Å². The summed E-state index contributed by atoms with van der Waals surface area (Å²) in [6, 6.07) is 0. The van der Waals surface area contributed by atoms with E-state index in [0.717, 1.165) is 6.61 Å². The molecule has 0 aromatic heterocycles. The van der Waals surface area contributed by atoms with Crippen molar-refractivity contribution in [2.75, 3.05) is 13.2 Å². The van der Waals surface area contributed by atoms with E-state index in [1.54, 1.807) is 0 Å². The molecule has 0 aromatic carbocycles. The minimum atomic E-state index is 0.602. The Morgan fingerprint density at radius 3 is 2.62 bits per heavy atom. The lowest BCUT2D eigenvalue weighted by atomic mass is 10.1. The van der Waals surface area contributed by atoms with E-state index < -0.39 is 0 Å². The van der Waals surface area contributed by atoms with E-state index in [9.17, 15) is 0 Å². The monoisotopic (exact) mass is 115 g/mol. The van der Waals surface area contributed by atoms with Gasteiger partial charge in [0.2, 0.25) is 0 Å². The summed E-state index contributed by atoms with van der Waals surface area (Å²) in [5.41, 5.74) is 0. The molecule has 1 heteroatoms. The van der Waals surface area contributed by atoms with Gasteiger partial charge in [-0.05, 0) is 12.8 Å². The molecule has 0 heterocycles. The van der Waals surface area contributed by atoms with Gasteiger partial charge in [-0.3, -0.25) is 0 Å². The van der Waals surface area contributed by atoms with Gasteiger partial charge in [-0.1, -0.05) is 20.3 Å². The zero-order valence-corrected chi connectivity index (χ0v) is 5.81. The van der Waals surface area contributed by atoms with Gasteiger partial charge in [0, 0.05) is 13.2 Å². The van der Waals surface area contributed by atoms with Crippen LogP contribution in [0.25, 0.3) is 0 Å². The molecule has 0 rings (SSSR count). The summed E-state index contributed by atoms with van der Waals surface area (Å²) >= 11 is 0. The molecule has 49 valence electrons. The van der Waals surface area contributed by atoms with Crippen LogP contribution >= 0.6 is 0 Å². The molecule has 0 N–H and O–H groups in total. The molecular formula is C7H15O. The van der Waals surface area contributed by atoms with Gasteiger partial charge < -0.3 is 4.74 Å². The highest BCUT2D eigenvalue weighted by Crippen LogP contribution is 1.99. The number of hydrogen-bond donors (Lipinski definition) is 0. The summed E-state index contributed by atoms with van der Waals surface area (Å²) in [5, 5.41) is 0. The first-order chi connectivity index (χ1) is 3.81. The molecule has 0 fully saturated rings. The van der Waals surface area contributed by atoms with Crippen LogP contribution in [0.15, 0.2) is 0 Å². The summed E-state index contributed by atoms with van der Waals surface area (Å²) in [4.78, 5) is 0. The Kier molecular flexibility index (Phi) is 5.08. The van der Waals surface area contributed by atoms with Crippen molar-refractivity contribution < 1.29 is 4.74 Å². The molecule has 0 bridgehead atoms. The SMILES string of the molecule is [CH2]COCC(C)CC. The van der Waals surface area contributed by atoms with Gasteiger partial charge in [0.05, 0.1) is 0 Å². The highest BCUT2D eigenvalue weighted by atomic mass is 16.5. The maximum absolute atomic E-state index is 5.08. The number of hydrogen-bond acceptors (Lipinski definition) is 1. The van der Waals surface area contributed by atoms with Crippen LogP contribution < -0.4 is 0 Å². The third kappa shape index (κ3) is 4.13. The molecule has 1 radical (unpaired) electrons. The fraction of sp³-hybridized carbons (Fsp3) is 0.857. The Labute approximate surface area is 52.0 Å². The van der Waals surface area contributed by atoms with Gasteiger partial charge in [-0.25, -0.2) is 0 Å². The first-order valence-electron chi connectivity index (χ1n) is 3.18. The standard InChI is InChI=1S/C7H15O/c1-4-7(3)6-8-5-2/h7H,2,4-6H2,1,3H3. The zero-order valence-electron chi connectivity index (χ0n) is 5.81. The lowest BCUT2D eigenvalue weighted by Crippen LogP contribution is -2.03. The summed E-state index contributed by atoms with van der Waals surface area (Å²) in [7, 11) is 0. The van der Waals surface area contributed by atoms with Gasteiger partial charge in [-0.2, -0.15) is 0 Å². The van der Waals surface area contributed by atoms with Crippen LogP contribution in [0.5, 0.6) is 0 Å². The van der Waals surface area contributed by atoms with E-state index in [2.05, 4.69) is 20.8 Å². The molecule has 0 aromatic rings. The second kappa shape index (κ2) is 5.10. The van der Waals surface area contributed by atoms with Crippen molar-refractivity contribution in [3.05, 3.63) is 6.92 Å². The van der Waals surface area contributed by atoms with Crippen LogP contribution in [-0.4, -0.2) is 13.2 Å². The van der Waals surface area contributed by atoms with Crippen molar-refractivity contribution in [1.82, 2.24) is 0 Å². The molecule has 0 amide bonds. The van der Waals surface area contributed by atoms with Gasteiger partial charge in [-0.15, -0.1) is 0 Å². The van der Waals surface area contributed by atoms with Gasteiger partial charge in [0.25, 0.3) is 0 Å². The summed E-state index contributed by atoms with van der Waals surface area (Å²) < 4.78 is 5.08. The van der Waals surface area contributed by atoms with Crippen molar-refractivity contribution in [2.24, 2.45) is 5.92 Å². The predicted octanol–water partition coefficient (Wildman–Crippen LogP) is 1.88. The van der Waals surface area contributed by atoms with Gasteiger partial charge in [0.15, 0.2) is 0 Å². The summed E-state index contributed by atoms with van der Waals surface area (Å²) in [6.07, 6.45) is 1.19. The maximum Gasteiger partial charge on any atom is 0.0491 e. The molecule has 0 saturated heterocycles. The lowest BCUT2D eigenvalue weighted by Gasteiger charge is -2.05. The summed E-state index contributed by atoms with van der Waals surface area (Å²) in [5.74, 6) is 0.691. The quantitative estimate of drug-likeness (QED) is 0.543. The van der Waals surface area contributed by atoms with Crippen LogP contribution in [0.1, 0.15) is 20.3 Å². The normalized spacial score (nSPS) is 13.9. The average Bonchev–Trinajstić information content (AvgIpc) is 1.83. The van der Waals surface area contributed by atoms with Crippen LogP contribution in [0.3, 0.4) is 0 Å². The summed E-state index contributed by atoms with van der Waals surface area (Å²) in [6.45, 7) is 9.37. The Balaban J connectivity index is 2.86. The first kappa shape index (κ1) is 7.96. The van der Waals surface area contributed by atoms with E-state index in [1.165, 1.54) is 6.42 Å². The average molecular weight is 115 g/mol. The Morgan fingerprint density at radius 2 is 2.25 bits per heavy atom. The lowest BCUT2D eigenvalue weighted by molar-refractivity contribution is 0.126. The van der Waals surface area contributed by atoms with E-state index in [-0.39, 0.29) is 0 Å². The molecule has 1 atom stereocenters. The highest BCUT2D eigenvalue weighted by Gasteiger charge is 1.94. The topological polar surface area (TPSA) is 9.23 Å². The van der Waals surface area contributed by atoms with E-state index in [4.69, 9.17) is 4.74 Å². The minimum absolute atomic E-state index is 0.602. The van der Waals surface area contributed by atoms with Crippen molar-refractivity contribution in [2.45, 2.75) is 20.3 Å². The molecule has 0 aliphatic heterocycles.